The fraction of sp³-hybridized carbons (Fsp3) is 0.0714. The summed E-state index contributed by atoms with van der Waals surface area (Å²) in [5, 5.41) is 0. The van der Waals surface area contributed by atoms with Crippen LogP contribution in [0.4, 0.5) is 0 Å². The molecule has 0 aliphatic carbocycles. The van der Waals surface area contributed by atoms with Crippen molar-refractivity contribution in [2.45, 2.75) is 6.92 Å². The molecule has 0 amide bonds. The number of nitrogens with zero attached hydrogens (tertiary/aromatic N) is 1. The van der Waals surface area contributed by atoms with Crippen LogP contribution in [0.25, 0.3) is 6.08 Å². The average molecular weight is 197 g/mol. The van der Waals surface area contributed by atoms with Crippen molar-refractivity contribution in [1.82, 2.24) is 4.98 Å². The molecule has 0 aliphatic rings. The minimum Gasteiger partial charge on any atom is -0.265 e. The topological polar surface area (TPSA) is 12.9 Å². The predicted molar refractivity (Wildman–Crippen MR) is 65.5 cm³/mol. The summed E-state index contributed by atoms with van der Waals surface area (Å²) in [5.41, 5.74) is 2.43. The minimum atomic E-state index is 1.11. The van der Waals surface area contributed by atoms with E-state index < -0.39 is 0 Å². The zero-order valence-corrected chi connectivity index (χ0v) is 8.93. The van der Waals surface area contributed by atoms with Crippen LogP contribution in [0, 0.1) is 6.92 Å². The predicted octanol–water partition coefficient (Wildman–Crippen LogP) is 3.72. The second kappa shape index (κ2) is 6.55. The quantitative estimate of drug-likeness (QED) is 0.679. The molecule has 1 heterocycles. The summed E-state index contributed by atoms with van der Waals surface area (Å²) in [5.74, 6) is 0. The normalized spacial score (nSPS) is 8.60. The molecule has 2 rings (SSSR count). The molecular weight excluding hydrogens is 182 g/mol. The lowest BCUT2D eigenvalue weighted by Gasteiger charge is -1.84. The number of aryl methyl sites for hydroxylation is 1. The molecule has 1 heteroatoms. The van der Waals surface area contributed by atoms with Crippen molar-refractivity contribution >= 4 is 6.08 Å². The molecule has 0 unspecified atom stereocenters. The van der Waals surface area contributed by atoms with E-state index in [1.54, 1.807) is 18.5 Å². The van der Waals surface area contributed by atoms with Crippen LogP contribution < -0.4 is 0 Å². The van der Waals surface area contributed by atoms with Crippen LogP contribution in [0.1, 0.15) is 11.1 Å². The maximum absolute atomic E-state index is 3.85. The summed E-state index contributed by atoms with van der Waals surface area (Å²) in [6, 6.07) is 14.1. The molecule has 76 valence electrons. The van der Waals surface area contributed by atoms with Gasteiger partial charge in [0.15, 0.2) is 0 Å². The van der Waals surface area contributed by atoms with E-state index in [1.807, 2.05) is 30.3 Å². The highest BCUT2D eigenvalue weighted by Crippen LogP contribution is 1.95. The first-order valence-electron chi connectivity index (χ1n) is 4.87. The summed E-state index contributed by atoms with van der Waals surface area (Å²) in [6.07, 6.45) is 5.29. The SMILES string of the molecule is C=Cc1ccncc1.Cc1ccccc1. The van der Waals surface area contributed by atoms with Gasteiger partial charge in [-0.25, -0.2) is 0 Å². The largest absolute Gasteiger partial charge is 0.265 e. The van der Waals surface area contributed by atoms with Crippen molar-refractivity contribution < 1.29 is 0 Å². The Morgan fingerprint density at radius 2 is 1.60 bits per heavy atom. The van der Waals surface area contributed by atoms with Crippen LogP contribution in [0.5, 0.6) is 0 Å². The van der Waals surface area contributed by atoms with Gasteiger partial charge in [0.1, 0.15) is 0 Å². The fourth-order valence-corrected chi connectivity index (χ4v) is 1.03. The molecule has 0 bridgehead atoms. The Bertz CT molecular complexity index is 379. The van der Waals surface area contributed by atoms with Gasteiger partial charge in [0.2, 0.25) is 0 Å². The van der Waals surface area contributed by atoms with Gasteiger partial charge in [-0.05, 0) is 24.6 Å². The van der Waals surface area contributed by atoms with Gasteiger partial charge in [-0.3, -0.25) is 4.98 Å². The van der Waals surface area contributed by atoms with Crippen LogP contribution in [-0.2, 0) is 0 Å². The third-order valence-corrected chi connectivity index (χ3v) is 1.88. The van der Waals surface area contributed by atoms with Crippen LogP contribution in [0.2, 0.25) is 0 Å². The van der Waals surface area contributed by atoms with E-state index >= 15 is 0 Å². The van der Waals surface area contributed by atoms with Crippen molar-refractivity contribution in [3.05, 3.63) is 72.6 Å². The van der Waals surface area contributed by atoms with Gasteiger partial charge >= 0.3 is 0 Å². The lowest BCUT2D eigenvalue weighted by Crippen LogP contribution is -1.69. The molecule has 15 heavy (non-hydrogen) atoms. The number of hydrogen-bond acceptors (Lipinski definition) is 1. The molecule has 1 nitrogen and oxygen atoms in total. The van der Waals surface area contributed by atoms with Crippen LogP contribution >= 0.6 is 0 Å². The Morgan fingerprint density at radius 1 is 1.00 bits per heavy atom. The molecule has 0 saturated carbocycles. The van der Waals surface area contributed by atoms with Gasteiger partial charge in [0.05, 0.1) is 0 Å². The van der Waals surface area contributed by atoms with E-state index in [0.717, 1.165) is 5.56 Å². The van der Waals surface area contributed by atoms with E-state index in [1.165, 1.54) is 5.56 Å². The molecule has 0 spiro atoms. The maximum atomic E-state index is 3.85. The zero-order valence-electron chi connectivity index (χ0n) is 8.93. The lowest BCUT2D eigenvalue weighted by molar-refractivity contribution is 1.32. The van der Waals surface area contributed by atoms with Crippen LogP contribution in [-0.4, -0.2) is 4.98 Å². The maximum Gasteiger partial charge on any atom is 0.0273 e. The molecular formula is C14H15N. The van der Waals surface area contributed by atoms with E-state index in [4.69, 9.17) is 0 Å². The number of rotatable bonds is 1. The molecule has 0 atom stereocenters. The molecule has 2 aromatic rings. The number of pyridine rings is 1. The molecule has 0 aliphatic heterocycles. The first kappa shape index (κ1) is 11.2. The van der Waals surface area contributed by atoms with Gasteiger partial charge in [-0.2, -0.15) is 0 Å². The Morgan fingerprint density at radius 3 is 1.93 bits per heavy atom. The molecule has 0 radical (unpaired) electrons. The average Bonchev–Trinajstić information content (AvgIpc) is 2.32. The monoisotopic (exact) mass is 197 g/mol. The van der Waals surface area contributed by atoms with Crippen molar-refractivity contribution in [3.63, 3.8) is 0 Å². The Balaban J connectivity index is 0.000000151. The summed E-state index contributed by atoms with van der Waals surface area (Å²) >= 11 is 0. The summed E-state index contributed by atoms with van der Waals surface area (Å²) in [7, 11) is 0. The zero-order chi connectivity index (χ0) is 10.9. The highest BCUT2D eigenvalue weighted by atomic mass is 14.6. The van der Waals surface area contributed by atoms with Gasteiger partial charge < -0.3 is 0 Å². The van der Waals surface area contributed by atoms with E-state index in [-0.39, 0.29) is 0 Å². The van der Waals surface area contributed by atoms with Gasteiger partial charge in [0, 0.05) is 12.4 Å². The van der Waals surface area contributed by atoms with E-state index in [9.17, 15) is 0 Å². The Labute approximate surface area is 91.1 Å². The van der Waals surface area contributed by atoms with Gasteiger partial charge in [0.25, 0.3) is 0 Å². The standard InChI is InChI=1S/C7H7N.C7H8/c1-2-7-3-5-8-6-4-7;1-7-5-3-2-4-6-7/h2-6H,1H2;2-6H,1H3. The highest BCUT2D eigenvalue weighted by molar-refractivity contribution is 5.44. The second-order valence-corrected chi connectivity index (χ2v) is 3.14. The fourth-order valence-electron chi connectivity index (χ4n) is 1.03. The summed E-state index contributed by atoms with van der Waals surface area (Å²) in [4.78, 5) is 3.85. The van der Waals surface area contributed by atoms with Crippen molar-refractivity contribution in [2.75, 3.05) is 0 Å². The van der Waals surface area contributed by atoms with E-state index in [2.05, 4.69) is 30.6 Å². The van der Waals surface area contributed by atoms with Gasteiger partial charge in [-0.1, -0.05) is 48.6 Å². The summed E-state index contributed by atoms with van der Waals surface area (Å²) in [6.45, 7) is 5.69. The van der Waals surface area contributed by atoms with Crippen molar-refractivity contribution in [3.8, 4) is 0 Å². The van der Waals surface area contributed by atoms with Crippen molar-refractivity contribution in [1.29, 1.82) is 0 Å². The number of benzene rings is 1. The molecule has 0 saturated heterocycles. The lowest BCUT2D eigenvalue weighted by atomic mass is 10.2. The third-order valence-electron chi connectivity index (χ3n) is 1.88. The van der Waals surface area contributed by atoms with Gasteiger partial charge in [-0.15, -0.1) is 0 Å². The summed E-state index contributed by atoms with van der Waals surface area (Å²) < 4.78 is 0. The highest BCUT2D eigenvalue weighted by Gasteiger charge is 1.76. The van der Waals surface area contributed by atoms with Crippen LogP contribution in [0.15, 0.2) is 61.4 Å². The smallest absolute Gasteiger partial charge is 0.0273 e. The first-order chi connectivity index (χ1) is 7.33. The second-order valence-electron chi connectivity index (χ2n) is 3.14. The van der Waals surface area contributed by atoms with Crippen molar-refractivity contribution in [2.24, 2.45) is 0 Å². The van der Waals surface area contributed by atoms with E-state index in [0.29, 0.717) is 0 Å². The molecule has 1 aromatic heterocycles. The Kier molecular flexibility index (Phi) is 4.88. The Hall–Kier alpha value is -1.89. The van der Waals surface area contributed by atoms with Crippen LogP contribution in [0.3, 0.4) is 0 Å². The molecule has 0 fully saturated rings. The third kappa shape index (κ3) is 4.77. The number of aromatic nitrogens is 1. The first-order valence-corrected chi connectivity index (χ1v) is 4.87. The molecule has 0 N–H and O–H groups in total. The molecule has 1 aromatic carbocycles. The number of hydrogen-bond donors (Lipinski definition) is 0. The minimum absolute atomic E-state index is 1.11.